The number of carbonyl (C=O) groups excluding carboxylic acids is 1. The molecule has 2 rings (SSSR count). The van der Waals surface area contributed by atoms with Crippen molar-refractivity contribution < 1.29 is 9.53 Å². The molecule has 0 saturated carbocycles. The number of nitrogens with zero attached hydrogens (tertiary/aromatic N) is 1. The zero-order chi connectivity index (χ0) is 12.8. The fraction of sp³-hybridized carbons (Fsp3) is 0.533. The van der Waals surface area contributed by atoms with E-state index in [1.807, 2.05) is 6.07 Å². The highest BCUT2D eigenvalue weighted by atomic mass is 16.5. The maximum atomic E-state index is 11.5. The molecule has 1 unspecified atom stereocenters. The van der Waals surface area contributed by atoms with Crippen molar-refractivity contribution in [2.75, 3.05) is 20.2 Å². The third kappa shape index (κ3) is 3.57. The zero-order valence-electron chi connectivity index (χ0n) is 11.0. The average Bonchev–Trinajstić information content (AvgIpc) is 2.65. The molecule has 0 aliphatic carbocycles. The van der Waals surface area contributed by atoms with Crippen molar-refractivity contribution in [2.45, 2.75) is 25.8 Å². The molecule has 0 bridgehead atoms. The van der Waals surface area contributed by atoms with Crippen molar-refractivity contribution in [2.24, 2.45) is 5.92 Å². The predicted molar refractivity (Wildman–Crippen MR) is 71.1 cm³/mol. The molecule has 1 aliphatic heterocycles. The number of hydrogen-bond donors (Lipinski definition) is 0. The second-order valence-corrected chi connectivity index (χ2v) is 4.91. The summed E-state index contributed by atoms with van der Waals surface area (Å²) in [6.07, 6.45) is 2.95. The van der Waals surface area contributed by atoms with E-state index < -0.39 is 0 Å². The maximum Gasteiger partial charge on any atom is 0.308 e. The van der Waals surface area contributed by atoms with E-state index in [1.165, 1.54) is 12.7 Å². The summed E-state index contributed by atoms with van der Waals surface area (Å²) < 4.78 is 4.84. The number of likely N-dealkylation sites (tertiary alicyclic amines) is 1. The highest BCUT2D eigenvalue weighted by Crippen LogP contribution is 2.20. The monoisotopic (exact) mass is 247 g/mol. The Balaban J connectivity index is 1.87. The summed E-state index contributed by atoms with van der Waals surface area (Å²) in [5.74, 6) is 0.0485. The summed E-state index contributed by atoms with van der Waals surface area (Å²) in [6, 6.07) is 10.5. The number of ether oxygens (including phenoxy) is 1. The largest absolute Gasteiger partial charge is 0.469 e. The SMILES string of the molecule is COC(=O)C1CCCN(Cc2ccccc2)CC1. The highest BCUT2D eigenvalue weighted by Gasteiger charge is 2.23. The Morgan fingerprint density at radius 3 is 2.78 bits per heavy atom. The van der Waals surface area contributed by atoms with Crippen LogP contribution in [0, 0.1) is 5.92 Å². The van der Waals surface area contributed by atoms with Crippen molar-refractivity contribution in [3.8, 4) is 0 Å². The lowest BCUT2D eigenvalue weighted by molar-refractivity contribution is -0.145. The minimum absolute atomic E-state index is 0.0449. The van der Waals surface area contributed by atoms with Crippen LogP contribution in [-0.2, 0) is 16.1 Å². The van der Waals surface area contributed by atoms with Gasteiger partial charge < -0.3 is 4.74 Å². The molecule has 1 fully saturated rings. The van der Waals surface area contributed by atoms with Crippen molar-refractivity contribution in [3.05, 3.63) is 35.9 Å². The Labute approximate surface area is 109 Å². The lowest BCUT2D eigenvalue weighted by atomic mass is 10.0. The first-order valence-corrected chi connectivity index (χ1v) is 6.63. The second-order valence-electron chi connectivity index (χ2n) is 4.91. The van der Waals surface area contributed by atoms with Crippen LogP contribution < -0.4 is 0 Å². The van der Waals surface area contributed by atoms with Gasteiger partial charge in [-0.05, 0) is 37.9 Å². The van der Waals surface area contributed by atoms with Gasteiger partial charge in [0.15, 0.2) is 0 Å². The fourth-order valence-corrected chi connectivity index (χ4v) is 2.56. The maximum absolute atomic E-state index is 11.5. The molecule has 1 atom stereocenters. The van der Waals surface area contributed by atoms with E-state index in [2.05, 4.69) is 29.2 Å². The van der Waals surface area contributed by atoms with Crippen LogP contribution in [-0.4, -0.2) is 31.1 Å². The third-order valence-corrected chi connectivity index (χ3v) is 3.60. The van der Waals surface area contributed by atoms with E-state index in [-0.39, 0.29) is 11.9 Å². The van der Waals surface area contributed by atoms with Gasteiger partial charge in [0.1, 0.15) is 0 Å². The van der Waals surface area contributed by atoms with Crippen LogP contribution in [0.4, 0.5) is 0 Å². The van der Waals surface area contributed by atoms with Gasteiger partial charge in [-0.3, -0.25) is 9.69 Å². The van der Waals surface area contributed by atoms with Crippen LogP contribution >= 0.6 is 0 Å². The minimum Gasteiger partial charge on any atom is -0.469 e. The second kappa shape index (κ2) is 6.55. The lowest BCUT2D eigenvalue weighted by Gasteiger charge is -2.19. The summed E-state index contributed by atoms with van der Waals surface area (Å²) >= 11 is 0. The van der Waals surface area contributed by atoms with Gasteiger partial charge in [-0.15, -0.1) is 0 Å². The van der Waals surface area contributed by atoms with Crippen molar-refractivity contribution in [1.29, 1.82) is 0 Å². The Bertz CT molecular complexity index is 377. The van der Waals surface area contributed by atoms with Crippen LogP contribution in [0.15, 0.2) is 30.3 Å². The molecule has 0 spiro atoms. The van der Waals surface area contributed by atoms with Crippen LogP contribution in [0.2, 0.25) is 0 Å². The molecule has 0 N–H and O–H groups in total. The smallest absolute Gasteiger partial charge is 0.308 e. The van der Waals surface area contributed by atoms with E-state index >= 15 is 0 Å². The van der Waals surface area contributed by atoms with E-state index in [1.54, 1.807) is 0 Å². The Morgan fingerprint density at radius 1 is 1.28 bits per heavy atom. The van der Waals surface area contributed by atoms with Crippen LogP contribution in [0.25, 0.3) is 0 Å². The van der Waals surface area contributed by atoms with Crippen LogP contribution in [0.3, 0.4) is 0 Å². The van der Waals surface area contributed by atoms with E-state index in [4.69, 9.17) is 4.74 Å². The predicted octanol–water partition coefficient (Wildman–Crippen LogP) is 2.46. The Morgan fingerprint density at radius 2 is 2.06 bits per heavy atom. The molecule has 3 nitrogen and oxygen atoms in total. The first-order valence-electron chi connectivity index (χ1n) is 6.63. The fourth-order valence-electron chi connectivity index (χ4n) is 2.56. The number of carbonyl (C=O) groups is 1. The standard InChI is InChI=1S/C15H21NO2/c1-18-15(17)14-8-5-10-16(11-9-14)12-13-6-3-2-4-7-13/h2-4,6-7,14H,5,8-12H2,1H3. The van der Waals surface area contributed by atoms with Gasteiger partial charge in [-0.2, -0.15) is 0 Å². The molecule has 0 aromatic heterocycles. The molecule has 1 aromatic rings. The Hall–Kier alpha value is -1.35. The van der Waals surface area contributed by atoms with Crippen LogP contribution in [0.1, 0.15) is 24.8 Å². The van der Waals surface area contributed by atoms with E-state index in [9.17, 15) is 4.79 Å². The normalized spacial score (nSPS) is 21.3. The van der Waals surface area contributed by atoms with Gasteiger partial charge in [0.2, 0.25) is 0 Å². The Kier molecular flexibility index (Phi) is 4.76. The molecule has 1 aliphatic rings. The van der Waals surface area contributed by atoms with Gasteiger partial charge >= 0.3 is 5.97 Å². The summed E-state index contributed by atoms with van der Waals surface area (Å²) in [4.78, 5) is 14.0. The average molecular weight is 247 g/mol. The molecule has 0 radical (unpaired) electrons. The quantitative estimate of drug-likeness (QED) is 0.768. The number of hydrogen-bond acceptors (Lipinski definition) is 3. The molecule has 1 heterocycles. The molecule has 3 heteroatoms. The van der Waals surface area contributed by atoms with E-state index in [0.29, 0.717) is 0 Å². The molecule has 1 saturated heterocycles. The number of benzene rings is 1. The van der Waals surface area contributed by atoms with Gasteiger partial charge in [0, 0.05) is 6.54 Å². The summed E-state index contributed by atoms with van der Waals surface area (Å²) in [7, 11) is 1.48. The molecule has 1 aromatic carbocycles. The molecular formula is C15H21NO2. The molecular weight excluding hydrogens is 226 g/mol. The topological polar surface area (TPSA) is 29.5 Å². The third-order valence-electron chi connectivity index (χ3n) is 3.60. The zero-order valence-corrected chi connectivity index (χ0v) is 11.0. The first kappa shape index (κ1) is 13.1. The summed E-state index contributed by atoms with van der Waals surface area (Å²) in [5, 5.41) is 0. The van der Waals surface area contributed by atoms with Crippen molar-refractivity contribution in [3.63, 3.8) is 0 Å². The summed E-state index contributed by atoms with van der Waals surface area (Å²) in [6.45, 7) is 3.03. The lowest BCUT2D eigenvalue weighted by Crippen LogP contribution is -2.25. The van der Waals surface area contributed by atoms with Gasteiger partial charge in [-0.1, -0.05) is 30.3 Å². The first-order chi connectivity index (χ1) is 8.79. The number of esters is 1. The van der Waals surface area contributed by atoms with Gasteiger partial charge in [-0.25, -0.2) is 0 Å². The van der Waals surface area contributed by atoms with Crippen LogP contribution in [0.5, 0.6) is 0 Å². The minimum atomic E-state index is -0.0449. The van der Waals surface area contributed by atoms with Gasteiger partial charge in [0.05, 0.1) is 13.0 Å². The molecule has 18 heavy (non-hydrogen) atoms. The number of methoxy groups -OCH3 is 1. The summed E-state index contributed by atoms with van der Waals surface area (Å²) in [5.41, 5.74) is 1.34. The van der Waals surface area contributed by atoms with E-state index in [0.717, 1.165) is 38.9 Å². The molecule has 98 valence electrons. The van der Waals surface area contributed by atoms with Gasteiger partial charge in [0.25, 0.3) is 0 Å². The van der Waals surface area contributed by atoms with Crippen molar-refractivity contribution >= 4 is 5.97 Å². The van der Waals surface area contributed by atoms with Crippen molar-refractivity contribution in [1.82, 2.24) is 4.90 Å². The highest BCUT2D eigenvalue weighted by molar-refractivity contribution is 5.72. The number of rotatable bonds is 3. The molecule has 0 amide bonds.